The maximum Gasteiger partial charge on any atom is 0.157 e. The fraction of sp³-hybridized carbons (Fsp3) is 0.818. The first-order valence-corrected chi connectivity index (χ1v) is 15.7. The minimum absolute atomic E-state index is 0.00567. The van der Waals surface area contributed by atoms with E-state index in [2.05, 4.69) is 51.1 Å². The summed E-state index contributed by atoms with van der Waals surface area (Å²) >= 11 is 0. The largest absolute Gasteiger partial charge is 0.374 e. The van der Waals surface area contributed by atoms with Gasteiger partial charge in [0.2, 0.25) is 0 Å². The van der Waals surface area contributed by atoms with E-state index < -0.39 is 0 Å². The number of ether oxygens (including phenoxy) is 3. The molecule has 0 aliphatic carbocycles. The summed E-state index contributed by atoms with van der Waals surface area (Å²) in [5, 5.41) is 0. The summed E-state index contributed by atoms with van der Waals surface area (Å²) in [4.78, 5) is 0. The van der Waals surface area contributed by atoms with Crippen LogP contribution in [0.3, 0.4) is 0 Å². The molecule has 1 rings (SSSR count). The zero-order chi connectivity index (χ0) is 25.9. The van der Waals surface area contributed by atoms with Gasteiger partial charge in [-0.2, -0.15) is 0 Å². The lowest BCUT2D eigenvalue weighted by Crippen LogP contribution is -2.19. The Morgan fingerprint density at radius 2 is 1.03 bits per heavy atom. The van der Waals surface area contributed by atoms with Crippen LogP contribution in [0.1, 0.15) is 148 Å². The van der Waals surface area contributed by atoms with Crippen LogP contribution >= 0.6 is 0 Å². The molecule has 210 valence electrons. The third kappa shape index (κ3) is 20.2. The van der Waals surface area contributed by atoms with Gasteiger partial charge >= 0.3 is 0 Å². The number of unbranched alkanes of at least 4 members (excludes halogenated alkanes) is 13. The van der Waals surface area contributed by atoms with Crippen molar-refractivity contribution in [1.29, 1.82) is 0 Å². The number of hydrogen-bond donors (Lipinski definition) is 0. The summed E-state index contributed by atoms with van der Waals surface area (Å²) in [6.07, 6.45) is 24.3. The molecule has 1 unspecified atom stereocenters. The molecule has 0 saturated heterocycles. The Morgan fingerprint density at radius 1 is 0.528 bits per heavy atom. The molecular formula is C33H60O3. The Kier molecular flexibility index (Phi) is 23.7. The van der Waals surface area contributed by atoms with E-state index in [0.29, 0.717) is 6.10 Å². The fourth-order valence-electron chi connectivity index (χ4n) is 4.64. The lowest BCUT2D eigenvalue weighted by Gasteiger charge is -2.19. The van der Waals surface area contributed by atoms with Crippen molar-refractivity contribution in [3.8, 4) is 0 Å². The molecule has 0 bridgehead atoms. The number of benzene rings is 1. The van der Waals surface area contributed by atoms with Gasteiger partial charge in [0.1, 0.15) is 0 Å². The summed E-state index contributed by atoms with van der Waals surface area (Å²) in [7, 11) is 0. The van der Waals surface area contributed by atoms with Gasteiger partial charge in [0.15, 0.2) is 6.29 Å². The summed E-state index contributed by atoms with van der Waals surface area (Å²) < 4.78 is 18.5. The molecule has 1 aromatic carbocycles. The van der Waals surface area contributed by atoms with Crippen molar-refractivity contribution < 1.29 is 14.2 Å². The number of rotatable bonds is 27. The van der Waals surface area contributed by atoms with E-state index in [-0.39, 0.29) is 6.29 Å². The molecule has 36 heavy (non-hydrogen) atoms. The lowest BCUT2D eigenvalue weighted by atomic mass is 10.1. The van der Waals surface area contributed by atoms with Crippen LogP contribution in [0.15, 0.2) is 30.3 Å². The van der Waals surface area contributed by atoms with Crippen molar-refractivity contribution in [3.05, 3.63) is 35.9 Å². The highest BCUT2D eigenvalue weighted by Crippen LogP contribution is 2.16. The smallest absolute Gasteiger partial charge is 0.157 e. The maximum absolute atomic E-state index is 6.19. The zero-order valence-electron chi connectivity index (χ0n) is 24.3. The molecule has 0 aliphatic heterocycles. The van der Waals surface area contributed by atoms with E-state index in [1.54, 1.807) is 0 Å². The lowest BCUT2D eigenvalue weighted by molar-refractivity contribution is -0.148. The van der Waals surface area contributed by atoms with E-state index in [1.165, 1.54) is 108 Å². The van der Waals surface area contributed by atoms with Crippen molar-refractivity contribution in [2.75, 3.05) is 13.2 Å². The number of hydrogen-bond acceptors (Lipinski definition) is 3. The van der Waals surface area contributed by atoms with Crippen LogP contribution in [0.5, 0.6) is 0 Å². The Balaban J connectivity index is 2.17. The van der Waals surface area contributed by atoms with Crippen molar-refractivity contribution in [2.24, 2.45) is 0 Å². The second-order valence-corrected chi connectivity index (χ2v) is 10.5. The molecule has 0 radical (unpaired) electrons. The second kappa shape index (κ2) is 25.7. The maximum atomic E-state index is 6.19. The molecule has 0 N–H and O–H groups in total. The SMILES string of the molecule is CCCCCCCCOC(CCCCCCC(CC)OCc1ccccc1)OCCCCCCCC. The molecule has 1 atom stereocenters. The molecule has 0 amide bonds. The molecule has 0 spiro atoms. The first-order valence-electron chi connectivity index (χ1n) is 15.7. The molecule has 3 nitrogen and oxygen atoms in total. The predicted molar refractivity (Wildman–Crippen MR) is 155 cm³/mol. The zero-order valence-corrected chi connectivity index (χ0v) is 24.3. The Morgan fingerprint density at radius 3 is 1.58 bits per heavy atom. The van der Waals surface area contributed by atoms with Gasteiger partial charge in [-0.1, -0.05) is 135 Å². The van der Waals surface area contributed by atoms with Crippen molar-refractivity contribution in [2.45, 2.75) is 162 Å². The highest BCUT2D eigenvalue weighted by molar-refractivity contribution is 5.13. The van der Waals surface area contributed by atoms with E-state index in [0.717, 1.165) is 39.1 Å². The first-order chi connectivity index (χ1) is 17.8. The molecule has 0 fully saturated rings. The van der Waals surface area contributed by atoms with Gasteiger partial charge in [0.05, 0.1) is 12.7 Å². The van der Waals surface area contributed by atoms with Crippen LogP contribution in [0, 0.1) is 0 Å². The van der Waals surface area contributed by atoms with Crippen LogP contribution in [-0.4, -0.2) is 25.6 Å². The Labute approximate surface area is 225 Å². The van der Waals surface area contributed by atoms with Crippen LogP contribution in [0.2, 0.25) is 0 Å². The molecule has 0 aromatic heterocycles. The van der Waals surface area contributed by atoms with Crippen molar-refractivity contribution in [1.82, 2.24) is 0 Å². The van der Waals surface area contributed by atoms with E-state index >= 15 is 0 Å². The summed E-state index contributed by atoms with van der Waals surface area (Å²) in [5.74, 6) is 0. The third-order valence-corrected chi connectivity index (χ3v) is 7.10. The molecule has 0 saturated carbocycles. The van der Waals surface area contributed by atoms with E-state index in [9.17, 15) is 0 Å². The van der Waals surface area contributed by atoms with Crippen molar-refractivity contribution in [3.63, 3.8) is 0 Å². The van der Waals surface area contributed by atoms with Crippen LogP contribution in [0.25, 0.3) is 0 Å². The van der Waals surface area contributed by atoms with Gasteiger partial charge in [-0.3, -0.25) is 0 Å². The van der Waals surface area contributed by atoms with Gasteiger partial charge < -0.3 is 14.2 Å². The van der Waals surface area contributed by atoms with Crippen molar-refractivity contribution >= 4 is 0 Å². The molecule has 3 heteroatoms. The fourth-order valence-corrected chi connectivity index (χ4v) is 4.64. The molecule has 0 aliphatic rings. The van der Waals surface area contributed by atoms with Gasteiger partial charge in [-0.15, -0.1) is 0 Å². The normalized spacial score (nSPS) is 12.4. The first kappa shape index (κ1) is 33.1. The minimum atomic E-state index is -0.00567. The van der Waals surface area contributed by atoms with Crippen LogP contribution < -0.4 is 0 Å². The second-order valence-electron chi connectivity index (χ2n) is 10.5. The Bertz CT molecular complexity index is 529. The molecule has 0 heterocycles. The van der Waals surface area contributed by atoms with Crippen LogP contribution in [0.4, 0.5) is 0 Å². The summed E-state index contributed by atoms with van der Waals surface area (Å²) in [5.41, 5.74) is 1.27. The van der Waals surface area contributed by atoms with E-state index in [1.807, 2.05) is 0 Å². The minimum Gasteiger partial charge on any atom is -0.374 e. The summed E-state index contributed by atoms with van der Waals surface area (Å²) in [6.45, 7) is 9.22. The van der Waals surface area contributed by atoms with Gasteiger partial charge in [-0.25, -0.2) is 0 Å². The highest BCUT2D eigenvalue weighted by Gasteiger charge is 2.10. The molecule has 1 aromatic rings. The van der Waals surface area contributed by atoms with Gasteiger partial charge in [0, 0.05) is 13.2 Å². The third-order valence-electron chi connectivity index (χ3n) is 7.10. The van der Waals surface area contributed by atoms with Gasteiger partial charge in [0.25, 0.3) is 0 Å². The average molecular weight is 505 g/mol. The Hall–Kier alpha value is -0.900. The van der Waals surface area contributed by atoms with Crippen LogP contribution in [-0.2, 0) is 20.8 Å². The predicted octanol–water partition coefficient (Wildman–Crippen LogP) is 10.4. The average Bonchev–Trinajstić information content (AvgIpc) is 2.91. The molecular weight excluding hydrogens is 444 g/mol. The monoisotopic (exact) mass is 504 g/mol. The highest BCUT2D eigenvalue weighted by atomic mass is 16.7. The topological polar surface area (TPSA) is 27.7 Å². The summed E-state index contributed by atoms with van der Waals surface area (Å²) in [6, 6.07) is 10.5. The standard InChI is InChI=1S/C33H60O3/c1-4-7-9-11-15-22-28-34-33(35-29-23-16-12-10-8-5-2)27-21-14-13-20-26-32(6-3)36-30-31-24-18-17-19-25-31/h17-19,24-25,32-33H,4-16,20-23,26-30H2,1-3H3. The van der Waals surface area contributed by atoms with Gasteiger partial charge in [-0.05, 0) is 44.1 Å². The quantitative estimate of drug-likeness (QED) is 0.0880. The van der Waals surface area contributed by atoms with E-state index in [4.69, 9.17) is 14.2 Å².